The van der Waals surface area contributed by atoms with E-state index >= 15 is 0 Å². The maximum absolute atomic E-state index is 5.90. The van der Waals surface area contributed by atoms with E-state index in [1.165, 1.54) is 51.6 Å². The first-order chi connectivity index (χ1) is 7.65. The second-order valence-corrected chi connectivity index (χ2v) is 5.73. The van der Waals surface area contributed by atoms with Crippen LogP contribution in [-0.4, -0.2) is 30.6 Å². The van der Waals surface area contributed by atoms with Gasteiger partial charge in [-0.2, -0.15) is 0 Å². The highest BCUT2D eigenvalue weighted by atomic mass is 15.2. The standard InChI is InChI=1S/C14H30N2/c1-4-6-7-13(12-15)16-10-8-14(3,5-2)9-11-16/h13H,4-12,15H2,1-3H3. The van der Waals surface area contributed by atoms with Crippen molar-refractivity contribution in [1.82, 2.24) is 4.90 Å². The van der Waals surface area contributed by atoms with Gasteiger partial charge in [0, 0.05) is 12.6 Å². The van der Waals surface area contributed by atoms with Crippen molar-refractivity contribution >= 4 is 0 Å². The van der Waals surface area contributed by atoms with Gasteiger partial charge < -0.3 is 5.73 Å². The lowest BCUT2D eigenvalue weighted by atomic mass is 9.78. The lowest BCUT2D eigenvalue weighted by molar-refractivity contribution is 0.0790. The Morgan fingerprint density at radius 1 is 1.25 bits per heavy atom. The summed E-state index contributed by atoms with van der Waals surface area (Å²) in [5, 5.41) is 0. The highest BCUT2D eigenvalue weighted by Crippen LogP contribution is 2.34. The number of nitrogens with two attached hydrogens (primary N) is 1. The van der Waals surface area contributed by atoms with E-state index in [1.54, 1.807) is 0 Å². The van der Waals surface area contributed by atoms with E-state index in [9.17, 15) is 0 Å². The van der Waals surface area contributed by atoms with Gasteiger partial charge in [-0.25, -0.2) is 0 Å². The largest absolute Gasteiger partial charge is 0.329 e. The molecule has 16 heavy (non-hydrogen) atoms. The summed E-state index contributed by atoms with van der Waals surface area (Å²) in [5.41, 5.74) is 6.50. The number of rotatable bonds is 6. The summed E-state index contributed by atoms with van der Waals surface area (Å²) in [6.45, 7) is 10.4. The second kappa shape index (κ2) is 6.61. The zero-order chi connectivity index (χ0) is 12.0. The monoisotopic (exact) mass is 226 g/mol. The Bertz CT molecular complexity index is 183. The van der Waals surface area contributed by atoms with Crippen molar-refractivity contribution in [2.45, 2.75) is 65.3 Å². The van der Waals surface area contributed by atoms with Gasteiger partial charge in [0.15, 0.2) is 0 Å². The van der Waals surface area contributed by atoms with Crippen LogP contribution in [0.2, 0.25) is 0 Å². The number of nitrogens with zero attached hydrogens (tertiary/aromatic N) is 1. The fourth-order valence-electron chi connectivity index (χ4n) is 2.67. The molecule has 0 aromatic carbocycles. The molecule has 2 N–H and O–H groups in total. The number of piperidine rings is 1. The molecule has 2 nitrogen and oxygen atoms in total. The molecule has 1 heterocycles. The average molecular weight is 226 g/mol. The minimum absolute atomic E-state index is 0.598. The Morgan fingerprint density at radius 3 is 2.31 bits per heavy atom. The first-order valence-electron chi connectivity index (χ1n) is 7.09. The minimum Gasteiger partial charge on any atom is -0.329 e. The predicted molar refractivity (Wildman–Crippen MR) is 71.6 cm³/mol. The molecular formula is C14H30N2. The normalized spacial score (nSPS) is 23.2. The Hall–Kier alpha value is -0.0800. The van der Waals surface area contributed by atoms with E-state index in [1.807, 2.05) is 0 Å². The van der Waals surface area contributed by atoms with Crippen molar-refractivity contribution in [3.05, 3.63) is 0 Å². The molecule has 1 rings (SSSR count). The molecule has 96 valence electrons. The first kappa shape index (κ1) is 14.0. The molecule has 1 unspecified atom stereocenters. The van der Waals surface area contributed by atoms with Gasteiger partial charge in [0.05, 0.1) is 0 Å². The van der Waals surface area contributed by atoms with Crippen LogP contribution in [-0.2, 0) is 0 Å². The highest BCUT2D eigenvalue weighted by Gasteiger charge is 2.30. The number of likely N-dealkylation sites (tertiary alicyclic amines) is 1. The summed E-state index contributed by atoms with van der Waals surface area (Å²) >= 11 is 0. The summed E-state index contributed by atoms with van der Waals surface area (Å²) in [6.07, 6.45) is 7.93. The van der Waals surface area contributed by atoms with E-state index < -0.39 is 0 Å². The predicted octanol–water partition coefficient (Wildman–Crippen LogP) is 3.02. The SMILES string of the molecule is CCCCC(CN)N1CCC(C)(CC)CC1. The summed E-state index contributed by atoms with van der Waals surface area (Å²) in [6, 6.07) is 0.640. The van der Waals surface area contributed by atoms with Crippen LogP contribution in [0.15, 0.2) is 0 Å². The Labute approximate surface area is 102 Å². The quantitative estimate of drug-likeness (QED) is 0.754. The molecule has 0 amide bonds. The number of hydrogen-bond acceptors (Lipinski definition) is 2. The summed E-state index contributed by atoms with van der Waals surface area (Å²) in [7, 11) is 0. The molecule has 2 heteroatoms. The molecule has 0 aromatic heterocycles. The molecule has 0 aliphatic carbocycles. The number of hydrogen-bond donors (Lipinski definition) is 1. The molecule has 1 saturated heterocycles. The molecule has 1 aliphatic heterocycles. The fourth-order valence-corrected chi connectivity index (χ4v) is 2.67. The summed E-state index contributed by atoms with van der Waals surface area (Å²) in [4.78, 5) is 2.63. The molecule has 0 aromatic rings. The van der Waals surface area contributed by atoms with E-state index in [2.05, 4.69) is 25.7 Å². The van der Waals surface area contributed by atoms with E-state index in [-0.39, 0.29) is 0 Å². The van der Waals surface area contributed by atoms with E-state index in [0.717, 1.165) is 6.54 Å². The van der Waals surface area contributed by atoms with Crippen LogP contribution in [0.4, 0.5) is 0 Å². The Morgan fingerprint density at radius 2 is 1.88 bits per heavy atom. The summed E-state index contributed by atoms with van der Waals surface area (Å²) < 4.78 is 0. The minimum atomic E-state index is 0.598. The molecule has 0 saturated carbocycles. The third-order valence-electron chi connectivity index (χ3n) is 4.54. The molecule has 1 fully saturated rings. The van der Waals surface area contributed by atoms with Crippen LogP contribution >= 0.6 is 0 Å². The Balaban J connectivity index is 2.38. The molecule has 1 atom stereocenters. The van der Waals surface area contributed by atoms with Crippen LogP contribution in [0.1, 0.15) is 59.3 Å². The van der Waals surface area contributed by atoms with Crippen LogP contribution < -0.4 is 5.73 Å². The Kier molecular flexibility index (Phi) is 5.77. The van der Waals surface area contributed by atoms with Crippen molar-refractivity contribution in [1.29, 1.82) is 0 Å². The molecular weight excluding hydrogens is 196 g/mol. The third kappa shape index (κ3) is 3.74. The van der Waals surface area contributed by atoms with Gasteiger partial charge in [0.1, 0.15) is 0 Å². The van der Waals surface area contributed by atoms with E-state index in [0.29, 0.717) is 11.5 Å². The van der Waals surface area contributed by atoms with Crippen LogP contribution in [0.25, 0.3) is 0 Å². The van der Waals surface area contributed by atoms with Gasteiger partial charge >= 0.3 is 0 Å². The van der Waals surface area contributed by atoms with Gasteiger partial charge in [0.2, 0.25) is 0 Å². The van der Waals surface area contributed by atoms with Crippen molar-refractivity contribution in [2.24, 2.45) is 11.1 Å². The maximum atomic E-state index is 5.90. The third-order valence-corrected chi connectivity index (χ3v) is 4.54. The number of unbranched alkanes of at least 4 members (excludes halogenated alkanes) is 1. The summed E-state index contributed by atoms with van der Waals surface area (Å²) in [5.74, 6) is 0. The van der Waals surface area contributed by atoms with Gasteiger partial charge in [-0.3, -0.25) is 4.90 Å². The zero-order valence-corrected chi connectivity index (χ0v) is 11.5. The van der Waals surface area contributed by atoms with E-state index in [4.69, 9.17) is 5.73 Å². The van der Waals surface area contributed by atoms with Gasteiger partial charge in [0.25, 0.3) is 0 Å². The van der Waals surface area contributed by atoms with Gasteiger partial charge in [-0.1, -0.05) is 40.0 Å². The van der Waals surface area contributed by atoms with Crippen molar-refractivity contribution < 1.29 is 0 Å². The average Bonchev–Trinajstić information content (AvgIpc) is 2.32. The smallest absolute Gasteiger partial charge is 0.0218 e. The van der Waals surface area contributed by atoms with Crippen molar-refractivity contribution in [3.8, 4) is 0 Å². The molecule has 0 spiro atoms. The molecule has 0 radical (unpaired) electrons. The van der Waals surface area contributed by atoms with Crippen LogP contribution in [0.5, 0.6) is 0 Å². The van der Waals surface area contributed by atoms with Gasteiger partial charge in [-0.15, -0.1) is 0 Å². The van der Waals surface area contributed by atoms with Crippen molar-refractivity contribution in [2.75, 3.05) is 19.6 Å². The molecule has 0 bridgehead atoms. The molecule has 1 aliphatic rings. The van der Waals surface area contributed by atoms with Gasteiger partial charge in [-0.05, 0) is 37.8 Å². The second-order valence-electron chi connectivity index (χ2n) is 5.73. The topological polar surface area (TPSA) is 29.3 Å². The maximum Gasteiger partial charge on any atom is 0.0218 e. The lowest BCUT2D eigenvalue weighted by Crippen LogP contribution is -2.47. The van der Waals surface area contributed by atoms with Crippen molar-refractivity contribution in [3.63, 3.8) is 0 Å². The fraction of sp³-hybridized carbons (Fsp3) is 1.00. The van der Waals surface area contributed by atoms with Crippen LogP contribution in [0, 0.1) is 5.41 Å². The highest BCUT2D eigenvalue weighted by molar-refractivity contribution is 4.84. The van der Waals surface area contributed by atoms with Crippen LogP contribution in [0.3, 0.4) is 0 Å². The lowest BCUT2D eigenvalue weighted by Gasteiger charge is -2.42. The first-order valence-corrected chi connectivity index (χ1v) is 7.09. The zero-order valence-electron chi connectivity index (χ0n) is 11.5.